The van der Waals surface area contributed by atoms with Crippen LogP contribution in [0.4, 0.5) is 18.9 Å². The van der Waals surface area contributed by atoms with E-state index in [9.17, 15) is 13.2 Å². The Balaban J connectivity index is 1.34. The first-order valence-electron chi connectivity index (χ1n) is 17.0. The SMILES string of the molecule is O=C1[C@@H]2[C@H](C(=O)N1c1ccc(Cl)c(C(F)(F)F)c1)[C@@]1(c3ccccc3)C(=O)[C@@]2(c2ccccc2)C(c2ccc3c(c2)OCO3)=C1c1ccc2c(c1)OCO2. The van der Waals surface area contributed by atoms with Crippen LogP contribution in [0.15, 0.2) is 115 Å². The van der Waals surface area contributed by atoms with Gasteiger partial charge in [-0.2, -0.15) is 13.2 Å². The van der Waals surface area contributed by atoms with Crippen LogP contribution < -0.4 is 23.8 Å². The molecule has 4 atom stereocenters. The standard InChI is InChI=1S/C42H25ClF3NO7/c43-28-14-13-26(19-27(28)42(44,45)46)47-37(48)35-36(38(47)49)41(25-9-5-2-6-10-25)34(23-12-16-30-32(18-23)54-21-52-30)33(22-11-15-29-31(17-22)53-20-51-29)40(35,39(41)50)24-7-3-1-4-8-24/h1-19,35-36H,20-21H2/t35-,36+,40-,41-/m0/s1. The number of allylic oxidation sites excluding steroid dienone is 2. The van der Waals surface area contributed by atoms with Crippen LogP contribution in [0.3, 0.4) is 0 Å². The summed E-state index contributed by atoms with van der Waals surface area (Å²) >= 11 is 5.99. The number of hydrogen-bond donors (Lipinski definition) is 0. The molecular formula is C42H25ClF3NO7. The second-order valence-electron chi connectivity index (χ2n) is 13.7. The van der Waals surface area contributed by atoms with E-state index in [4.69, 9.17) is 30.5 Å². The lowest BCUT2D eigenvalue weighted by atomic mass is 9.59. The number of ether oxygens (including phenoxy) is 4. The first-order chi connectivity index (χ1) is 26.1. The molecule has 0 N–H and O–H groups in total. The van der Waals surface area contributed by atoms with Crippen LogP contribution in [0, 0.1) is 11.8 Å². The molecule has 1 saturated heterocycles. The largest absolute Gasteiger partial charge is 0.454 e. The zero-order valence-corrected chi connectivity index (χ0v) is 28.6. The van der Waals surface area contributed by atoms with Gasteiger partial charge in [-0.05, 0) is 75.9 Å². The number of amides is 2. The molecule has 54 heavy (non-hydrogen) atoms. The predicted octanol–water partition coefficient (Wildman–Crippen LogP) is 8.01. The summed E-state index contributed by atoms with van der Waals surface area (Å²) in [5, 5.41) is -0.584. The van der Waals surface area contributed by atoms with E-state index in [1.165, 1.54) is 6.07 Å². The van der Waals surface area contributed by atoms with Crippen molar-refractivity contribution < 1.29 is 46.5 Å². The molecule has 0 unspecified atom stereocenters. The van der Waals surface area contributed by atoms with Gasteiger partial charge in [0.15, 0.2) is 28.8 Å². The van der Waals surface area contributed by atoms with Gasteiger partial charge in [-0.1, -0.05) is 84.4 Å². The summed E-state index contributed by atoms with van der Waals surface area (Å²) < 4.78 is 65.5. The van der Waals surface area contributed by atoms with Gasteiger partial charge in [0.2, 0.25) is 25.4 Å². The average molecular weight is 748 g/mol. The molecular weight excluding hydrogens is 723 g/mol. The maximum absolute atomic E-state index is 16.2. The molecule has 3 heterocycles. The second-order valence-corrected chi connectivity index (χ2v) is 14.1. The third-order valence-electron chi connectivity index (χ3n) is 11.3. The van der Waals surface area contributed by atoms with E-state index < -0.39 is 57.0 Å². The molecule has 5 aliphatic rings. The molecule has 0 radical (unpaired) electrons. The molecule has 12 heteroatoms. The molecule has 2 aliphatic carbocycles. The average Bonchev–Trinajstić information content (AvgIpc) is 3.98. The lowest BCUT2D eigenvalue weighted by Crippen LogP contribution is -2.45. The van der Waals surface area contributed by atoms with Crippen molar-refractivity contribution in [1.29, 1.82) is 0 Å². The number of alkyl halides is 3. The zero-order chi connectivity index (χ0) is 37.1. The topological polar surface area (TPSA) is 91.4 Å². The van der Waals surface area contributed by atoms with E-state index in [1.807, 2.05) is 0 Å². The Kier molecular flexibility index (Phi) is 6.77. The third kappa shape index (κ3) is 4.07. The molecule has 0 aromatic heterocycles. The maximum atomic E-state index is 16.2. The first kappa shape index (κ1) is 32.6. The van der Waals surface area contributed by atoms with Gasteiger partial charge in [-0.15, -0.1) is 0 Å². The summed E-state index contributed by atoms with van der Waals surface area (Å²) in [4.78, 5) is 47.4. The summed E-state index contributed by atoms with van der Waals surface area (Å²) in [6.45, 7) is -0.0333. The number of nitrogens with zero attached hydrogens (tertiary/aromatic N) is 1. The van der Waals surface area contributed by atoms with Crippen molar-refractivity contribution in [2.75, 3.05) is 18.5 Å². The highest BCUT2D eigenvalue weighted by molar-refractivity contribution is 6.39. The molecule has 2 amide bonds. The highest BCUT2D eigenvalue weighted by atomic mass is 35.5. The van der Waals surface area contributed by atoms with Crippen molar-refractivity contribution in [3.63, 3.8) is 0 Å². The van der Waals surface area contributed by atoms with Gasteiger partial charge in [-0.25, -0.2) is 4.90 Å². The normalized spacial score (nSPS) is 24.9. The van der Waals surface area contributed by atoms with Crippen molar-refractivity contribution in [1.82, 2.24) is 0 Å². The van der Waals surface area contributed by atoms with Gasteiger partial charge in [0.05, 0.1) is 38.9 Å². The Hall–Kier alpha value is -6.07. The zero-order valence-electron chi connectivity index (χ0n) is 27.9. The molecule has 268 valence electrons. The summed E-state index contributed by atoms with van der Waals surface area (Å²) in [5.41, 5.74) is -2.27. The molecule has 0 spiro atoms. The second kappa shape index (κ2) is 11.2. The summed E-state index contributed by atoms with van der Waals surface area (Å²) in [6, 6.07) is 31.0. The number of rotatable bonds is 5. The minimum absolute atomic E-state index is 0.0167. The summed E-state index contributed by atoms with van der Waals surface area (Å²) in [6.07, 6.45) is -4.87. The molecule has 8 nitrogen and oxygen atoms in total. The fraction of sp³-hybridized carbons (Fsp3) is 0.167. The highest BCUT2D eigenvalue weighted by Crippen LogP contribution is 2.75. The highest BCUT2D eigenvalue weighted by Gasteiger charge is 2.83. The summed E-state index contributed by atoms with van der Waals surface area (Å²) in [7, 11) is 0. The minimum Gasteiger partial charge on any atom is -0.454 e. The van der Waals surface area contributed by atoms with E-state index in [1.54, 1.807) is 97.1 Å². The molecule has 5 aromatic carbocycles. The molecule has 2 fully saturated rings. The van der Waals surface area contributed by atoms with Crippen LogP contribution in [0.5, 0.6) is 23.0 Å². The van der Waals surface area contributed by atoms with Crippen LogP contribution in [-0.4, -0.2) is 31.2 Å². The first-order valence-corrected chi connectivity index (χ1v) is 17.4. The monoisotopic (exact) mass is 747 g/mol. The van der Waals surface area contributed by atoms with E-state index in [0.717, 1.165) is 11.0 Å². The molecule has 10 rings (SSSR count). The number of ketones is 1. The number of carbonyl (C=O) groups is 3. The van der Waals surface area contributed by atoms with E-state index in [-0.39, 0.29) is 19.3 Å². The number of benzene rings is 5. The van der Waals surface area contributed by atoms with Gasteiger partial charge < -0.3 is 18.9 Å². The number of carbonyl (C=O) groups excluding carboxylic acids is 3. The van der Waals surface area contributed by atoms with Crippen LogP contribution in [0.1, 0.15) is 27.8 Å². The lowest BCUT2D eigenvalue weighted by molar-refractivity contribution is -0.137. The minimum atomic E-state index is -4.87. The van der Waals surface area contributed by atoms with E-state index >= 15 is 14.4 Å². The fourth-order valence-electron chi connectivity index (χ4n) is 9.35. The Morgan fingerprint density at radius 3 is 1.52 bits per heavy atom. The number of imide groups is 1. The van der Waals surface area contributed by atoms with Gasteiger partial charge in [0, 0.05) is 0 Å². The quantitative estimate of drug-likeness (QED) is 0.168. The lowest BCUT2D eigenvalue weighted by Gasteiger charge is -2.39. The van der Waals surface area contributed by atoms with Gasteiger partial charge in [-0.3, -0.25) is 14.4 Å². The van der Waals surface area contributed by atoms with Crippen LogP contribution in [0.2, 0.25) is 5.02 Å². The van der Waals surface area contributed by atoms with E-state index in [0.29, 0.717) is 62.5 Å². The van der Waals surface area contributed by atoms with Crippen molar-refractivity contribution >= 4 is 46.0 Å². The molecule has 3 aliphatic heterocycles. The smallest absolute Gasteiger partial charge is 0.417 e. The maximum Gasteiger partial charge on any atom is 0.417 e. The van der Waals surface area contributed by atoms with Crippen LogP contribution in [0.25, 0.3) is 11.1 Å². The number of anilines is 1. The fourth-order valence-corrected chi connectivity index (χ4v) is 9.58. The Morgan fingerprint density at radius 2 is 1.06 bits per heavy atom. The number of fused-ring (bicyclic) bond motifs is 7. The number of hydrogen-bond acceptors (Lipinski definition) is 7. The Labute approximate surface area is 310 Å². The van der Waals surface area contributed by atoms with Crippen molar-refractivity contribution in [2.24, 2.45) is 11.8 Å². The van der Waals surface area contributed by atoms with Gasteiger partial charge >= 0.3 is 6.18 Å². The Morgan fingerprint density at radius 1 is 0.593 bits per heavy atom. The van der Waals surface area contributed by atoms with Gasteiger partial charge in [0.25, 0.3) is 0 Å². The number of halogens is 4. The van der Waals surface area contributed by atoms with Crippen LogP contribution >= 0.6 is 11.6 Å². The third-order valence-corrected chi connectivity index (χ3v) is 11.6. The van der Waals surface area contributed by atoms with Crippen molar-refractivity contribution in [3.8, 4) is 23.0 Å². The Bertz CT molecular complexity index is 2370. The number of Topliss-reactive ketones (excluding diaryl/α,β-unsaturated/α-hetero) is 1. The predicted molar refractivity (Wildman–Crippen MR) is 189 cm³/mol. The van der Waals surface area contributed by atoms with Crippen molar-refractivity contribution in [2.45, 2.75) is 17.0 Å². The van der Waals surface area contributed by atoms with E-state index in [2.05, 4.69) is 0 Å². The summed E-state index contributed by atoms with van der Waals surface area (Å²) in [5.74, 6) is -2.94. The van der Waals surface area contributed by atoms with Crippen molar-refractivity contribution in [3.05, 3.63) is 148 Å². The molecule has 1 saturated carbocycles. The van der Waals surface area contributed by atoms with Crippen LogP contribution in [-0.2, 0) is 31.4 Å². The molecule has 2 bridgehead atoms. The van der Waals surface area contributed by atoms with Gasteiger partial charge in [0.1, 0.15) is 0 Å². The molecule has 5 aromatic rings.